The first-order chi connectivity index (χ1) is 10.3. The van der Waals surface area contributed by atoms with Crippen LogP contribution >= 0.6 is 7.92 Å². The number of benzene rings is 2. The smallest absolute Gasteiger partial charge is 0.0615 e. The van der Waals surface area contributed by atoms with E-state index in [0.29, 0.717) is 0 Å². The van der Waals surface area contributed by atoms with Gasteiger partial charge in [-0.25, -0.2) is 0 Å². The topological polar surface area (TPSA) is 20.2 Å². The molecule has 0 aromatic heterocycles. The summed E-state index contributed by atoms with van der Waals surface area (Å²) in [6.45, 7) is 1.87. The van der Waals surface area contributed by atoms with Gasteiger partial charge in [0.15, 0.2) is 0 Å². The summed E-state index contributed by atoms with van der Waals surface area (Å²) in [4.78, 5) is 0. The molecule has 2 heteroatoms. The third kappa shape index (κ3) is 3.00. The Labute approximate surface area is 127 Å². The summed E-state index contributed by atoms with van der Waals surface area (Å²) < 4.78 is 0. The SMILES string of the molecule is C[C@H](O)C1C=CC=C1P(c1ccccc1)c1ccccc1. The van der Waals surface area contributed by atoms with E-state index in [4.69, 9.17) is 0 Å². The van der Waals surface area contributed by atoms with Gasteiger partial charge < -0.3 is 5.11 Å². The summed E-state index contributed by atoms with van der Waals surface area (Å²) in [5, 5.41) is 14.1. The molecule has 0 radical (unpaired) electrons. The molecule has 21 heavy (non-hydrogen) atoms. The van der Waals surface area contributed by atoms with Crippen LogP contribution in [0.3, 0.4) is 0 Å². The Kier molecular flexibility index (Phi) is 4.34. The molecule has 1 aliphatic carbocycles. The molecule has 2 atom stereocenters. The van der Waals surface area contributed by atoms with Gasteiger partial charge in [0.05, 0.1) is 6.10 Å². The van der Waals surface area contributed by atoms with Crippen LogP contribution < -0.4 is 10.6 Å². The predicted molar refractivity (Wildman–Crippen MR) is 91.5 cm³/mol. The molecule has 0 spiro atoms. The molecule has 1 N–H and O–H groups in total. The largest absolute Gasteiger partial charge is 0.392 e. The minimum atomic E-state index is -0.585. The van der Waals surface area contributed by atoms with Crippen molar-refractivity contribution >= 4 is 18.5 Å². The summed E-state index contributed by atoms with van der Waals surface area (Å²) in [5.41, 5.74) is 0. The molecule has 0 fully saturated rings. The predicted octanol–water partition coefficient (Wildman–Crippen LogP) is 3.57. The van der Waals surface area contributed by atoms with Crippen LogP contribution in [-0.2, 0) is 0 Å². The van der Waals surface area contributed by atoms with Crippen molar-refractivity contribution in [1.82, 2.24) is 0 Å². The lowest BCUT2D eigenvalue weighted by Crippen LogP contribution is -2.21. The van der Waals surface area contributed by atoms with E-state index in [-0.39, 0.29) is 12.0 Å². The molecule has 2 aromatic carbocycles. The number of allylic oxidation sites excluding steroid dienone is 2. The van der Waals surface area contributed by atoms with Gasteiger partial charge in [0.2, 0.25) is 0 Å². The van der Waals surface area contributed by atoms with E-state index in [1.165, 1.54) is 15.9 Å². The Morgan fingerprint density at radius 1 is 0.905 bits per heavy atom. The van der Waals surface area contributed by atoms with Crippen LogP contribution in [-0.4, -0.2) is 11.2 Å². The number of hydrogen-bond donors (Lipinski definition) is 1. The number of hydrogen-bond acceptors (Lipinski definition) is 1. The Bertz CT molecular complexity index is 604. The standard InChI is InChI=1S/C19H19OP/c1-15(20)18-13-8-14-19(18)21(16-9-4-2-5-10-16)17-11-6-3-7-12-17/h2-15,18,20H,1H3/t15-,18?/m0/s1. The summed E-state index contributed by atoms with van der Waals surface area (Å²) in [6.07, 6.45) is 6.02. The molecule has 0 heterocycles. The lowest BCUT2D eigenvalue weighted by atomic mass is 10.1. The minimum Gasteiger partial charge on any atom is -0.392 e. The van der Waals surface area contributed by atoms with E-state index in [9.17, 15) is 5.11 Å². The second-order valence-corrected chi connectivity index (χ2v) is 7.47. The normalized spacial score (nSPS) is 18.8. The average Bonchev–Trinajstić information content (AvgIpc) is 2.99. The van der Waals surface area contributed by atoms with Gasteiger partial charge in [0.1, 0.15) is 0 Å². The molecule has 0 saturated heterocycles. The van der Waals surface area contributed by atoms with Crippen LogP contribution in [0.4, 0.5) is 0 Å². The first-order valence-corrected chi connectivity index (χ1v) is 8.58. The van der Waals surface area contributed by atoms with E-state index in [2.05, 4.69) is 78.9 Å². The molecular weight excluding hydrogens is 275 g/mol. The summed E-state index contributed by atoms with van der Waals surface area (Å²) >= 11 is 0. The van der Waals surface area contributed by atoms with Gasteiger partial charge in [-0.1, -0.05) is 78.9 Å². The maximum Gasteiger partial charge on any atom is 0.0615 e. The van der Waals surface area contributed by atoms with Crippen LogP contribution in [0.1, 0.15) is 6.92 Å². The zero-order valence-electron chi connectivity index (χ0n) is 12.1. The third-order valence-corrected chi connectivity index (χ3v) is 6.33. The molecule has 0 bridgehead atoms. The fraction of sp³-hybridized carbons (Fsp3) is 0.158. The van der Waals surface area contributed by atoms with E-state index in [1.807, 2.05) is 6.92 Å². The first-order valence-electron chi connectivity index (χ1n) is 7.24. The maximum absolute atomic E-state index is 10.1. The van der Waals surface area contributed by atoms with E-state index in [1.54, 1.807) is 0 Å². The third-order valence-electron chi connectivity index (χ3n) is 3.73. The number of rotatable bonds is 4. The van der Waals surface area contributed by atoms with Crippen molar-refractivity contribution in [3.8, 4) is 0 Å². The van der Waals surface area contributed by atoms with Gasteiger partial charge in [0.25, 0.3) is 0 Å². The van der Waals surface area contributed by atoms with Crippen LogP contribution in [0, 0.1) is 5.92 Å². The molecule has 3 rings (SSSR count). The molecule has 106 valence electrons. The zero-order valence-corrected chi connectivity index (χ0v) is 12.9. The second kappa shape index (κ2) is 6.39. The lowest BCUT2D eigenvalue weighted by molar-refractivity contribution is 0.168. The van der Waals surface area contributed by atoms with Gasteiger partial charge in [0, 0.05) is 5.92 Å². The van der Waals surface area contributed by atoms with E-state index < -0.39 is 7.92 Å². The molecule has 0 amide bonds. The second-order valence-electron chi connectivity index (χ2n) is 5.25. The first kappa shape index (κ1) is 14.3. The van der Waals surface area contributed by atoms with Crippen molar-refractivity contribution in [1.29, 1.82) is 0 Å². The molecule has 0 aliphatic heterocycles. The molecule has 1 unspecified atom stereocenters. The van der Waals surface area contributed by atoms with Crippen molar-refractivity contribution in [2.75, 3.05) is 0 Å². The molecule has 0 saturated carbocycles. The Morgan fingerprint density at radius 3 is 1.90 bits per heavy atom. The number of aliphatic hydroxyl groups is 1. The van der Waals surface area contributed by atoms with Crippen LogP contribution in [0.15, 0.2) is 84.2 Å². The molecular formula is C19H19OP. The van der Waals surface area contributed by atoms with Crippen molar-refractivity contribution in [3.05, 3.63) is 84.2 Å². The van der Waals surface area contributed by atoms with Crippen molar-refractivity contribution < 1.29 is 5.11 Å². The van der Waals surface area contributed by atoms with Crippen LogP contribution in [0.5, 0.6) is 0 Å². The molecule has 1 aliphatic rings. The highest BCUT2D eigenvalue weighted by atomic mass is 31.1. The van der Waals surface area contributed by atoms with Gasteiger partial charge in [-0.05, 0) is 30.8 Å². The summed E-state index contributed by atoms with van der Waals surface area (Å²) in [6, 6.07) is 21.2. The van der Waals surface area contributed by atoms with Gasteiger partial charge in [-0.2, -0.15) is 0 Å². The van der Waals surface area contributed by atoms with Gasteiger partial charge in [-0.15, -0.1) is 0 Å². The minimum absolute atomic E-state index is 0.122. The molecule has 1 nitrogen and oxygen atoms in total. The van der Waals surface area contributed by atoms with Crippen molar-refractivity contribution in [3.63, 3.8) is 0 Å². The van der Waals surface area contributed by atoms with E-state index >= 15 is 0 Å². The maximum atomic E-state index is 10.1. The average molecular weight is 294 g/mol. The lowest BCUT2D eigenvalue weighted by Gasteiger charge is -2.26. The van der Waals surface area contributed by atoms with Gasteiger partial charge in [-0.3, -0.25) is 0 Å². The van der Waals surface area contributed by atoms with Crippen LogP contribution in [0.2, 0.25) is 0 Å². The fourth-order valence-electron chi connectivity index (χ4n) is 2.72. The highest BCUT2D eigenvalue weighted by Crippen LogP contribution is 2.49. The summed E-state index contributed by atoms with van der Waals surface area (Å²) in [5.74, 6) is 0.122. The van der Waals surface area contributed by atoms with Crippen molar-refractivity contribution in [2.45, 2.75) is 13.0 Å². The highest BCUT2D eigenvalue weighted by molar-refractivity contribution is 7.76. The highest BCUT2D eigenvalue weighted by Gasteiger charge is 2.28. The Balaban J connectivity index is 2.06. The fourth-order valence-corrected chi connectivity index (χ4v) is 5.39. The van der Waals surface area contributed by atoms with Crippen molar-refractivity contribution in [2.24, 2.45) is 5.92 Å². The Morgan fingerprint density at radius 2 is 1.43 bits per heavy atom. The quantitative estimate of drug-likeness (QED) is 0.855. The number of aliphatic hydroxyl groups excluding tert-OH is 1. The zero-order chi connectivity index (χ0) is 14.7. The van der Waals surface area contributed by atoms with Gasteiger partial charge >= 0.3 is 0 Å². The molecule has 2 aromatic rings. The summed E-state index contributed by atoms with van der Waals surface area (Å²) in [7, 11) is -0.585. The van der Waals surface area contributed by atoms with Crippen LogP contribution in [0.25, 0.3) is 0 Å². The Hall–Kier alpha value is -1.69. The monoisotopic (exact) mass is 294 g/mol. The van der Waals surface area contributed by atoms with E-state index in [0.717, 1.165) is 0 Å².